The standard InChI is InChI=1S/C23H23N3O4/c1-16(26(28)22(24)27)23(13-11-18(12-14-23)17-7-3-2-4-8-17)29-15-21-25-19-9-5-6-10-20(19)30-21/h2-13,16,28H,14-15H2,1H3,(H2,24,27). The normalized spacial score (nSPS) is 19.5. The highest BCUT2D eigenvalue weighted by Crippen LogP contribution is 2.35. The molecule has 0 saturated carbocycles. The zero-order valence-electron chi connectivity index (χ0n) is 16.6. The van der Waals surface area contributed by atoms with E-state index in [0.717, 1.165) is 16.7 Å². The maximum Gasteiger partial charge on any atom is 0.338 e. The van der Waals surface area contributed by atoms with Crippen LogP contribution in [0.1, 0.15) is 24.8 Å². The van der Waals surface area contributed by atoms with E-state index in [1.54, 1.807) is 6.92 Å². The number of ether oxygens (including phenoxy) is 1. The maximum atomic E-state index is 11.6. The fourth-order valence-corrected chi connectivity index (χ4v) is 3.59. The molecule has 2 aromatic carbocycles. The Hall–Kier alpha value is -3.42. The predicted octanol–water partition coefficient (Wildman–Crippen LogP) is 4.29. The molecule has 30 heavy (non-hydrogen) atoms. The smallest absolute Gasteiger partial charge is 0.338 e. The molecule has 3 aromatic rings. The minimum Gasteiger partial charge on any atom is -0.438 e. The summed E-state index contributed by atoms with van der Waals surface area (Å²) in [5, 5.41) is 10.7. The van der Waals surface area contributed by atoms with Crippen molar-refractivity contribution in [2.75, 3.05) is 0 Å². The van der Waals surface area contributed by atoms with E-state index >= 15 is 0 Å². The van der Waals surface area contributed by atoms with E-state index in [1.165, 1.54) is 0 Å². The topological polar surface area (TPSA) is 102 Å². The Labute approximate surface area is 174 Å². The van der Waals surface area contributed by atoms with Gasteiger partial charge < -0.3 is 14.9 Å². The van der Waals surface area contributed by atoms with Gasteiger partial charge in [-0.1, -0.05) is 54.6 Å². The average molecular weight is 405 g/mol. The summed E-state index contributed by atoms with van der Waals surface area (Å²) in [7, 11) is 0. The number of allylic oxidation sites excluding steroid dienone is 2. The van der Waals surface area contributed by atoms with Gasteiger partial charge in [-0.25, -0.2) is 14.8 Å². The summed E-state index contributed by atoms with van der Waals surface area (Å²) >= 11 is 0. The number of carbonyl (C=O) groups excluding carboxylic acids is 1. The lowest BCUT2D eigenvalue weighted by molar-refractivity contribution is -0.151. The Morgan fingerprint density at radius 1 is 1.27 bits per heavy atom. The first kappa shape index (κ1) is 19.9. The Morgan fingerprint density at radius 2 is 2.00 bits per heavy atom. The summed E-state index contributed by atoms with van der Waals surface area (Å²) in [5.74, 6) is 0.414. The monoisotopic (exact) mass is 405 g/mol. The quantitative estimate of drug-likeness (QED) is 0.471. The molecule has 1 aliphatic carbocycles. The molecule has 154 valence electrons. The largest absolute Gasteiger partial charge is 0.438 e. The van der Waals surface area contributed by atoms with Crippen LogP contribution in [0, 0.1) is 0 Å². The number of hydroxylamine groups is 2. The molecule has 7 nitrogen and oxygen atoms in total. The Morgan fingerprint density at radius 3 is 2.67 bits per heavy atom. The van der Waals surface area contributed by atoms with Crippen molar-refractivity contribution in [1.82, 2.24) is 10.0 Å². The second-order valence-corrected chi connectivity index (χ2v) is 7.24. The third-order valence-electron chi connectivity index (χ3n) is 5.40. The number of primary amides is 1. The van der Waals surface area contributed by atoms with Gasteiger partial charge in [0.1, 0.15) is 17.7 Å². The van der Waals surface area contributed by atoms with Crippen LogP contribution in [0.2, 0.25) is 0 Å². The van der Waals surface area contributed by atoms with Crippen LogP contribution in [-0.2, 0) is 11.3 Å². The zero-order valence-corrected chi connectivity index (χ0v) is 16.6. The molecule has 3 N–H and O–H groups in total. The first-order valence-electron chi connectivity index (χ1n) is 9.69. The summed E-state index contributed by atoms with van der Waals surface area (Å²) in [6, 6.07) is 15.7. The van der Waals surface area contributed by atoms with Crippen molar-refractivity contribution in [3.05, 3.63) is 84.3 Å². The minimum atomic E-state index is -0.997. The van der Waals surface area contributed by atoms with Gasteiger partial charge in [0.05, 0.1) is 6.04 Å². The molecular weight excluding hydrogens is 382 g/mol. The number of para-hydroxylation sites is 2. The van der Waals surface area contributed by atoms with E-state index in [9.17, 15) is 10.0 Å². The van der Waals surface area contributed by atoms with E-state index < -0.39 is 17.7 Å². The first-order valence-corrected chi connectivity index (χ1v) is 9.69. The Kier molecular flexibility index (Phi) is 5.39. The number of nitrogens with two attached hydrogens (primary N) is 1. The molecule has 0 saturated heterocycles. The fourth-order valence-electron chi connectivity index (χ4n) is 3.59. The number of hydrogen-bond donors (Lipinski definition) is 2. The number of oxazole rings is 1. The van der Waals surface area contributed by atoms with Crippen molar-refractivity contribution in [2.24, 2.45) is 5.73 Å². The summed E-state index contributed by atoms with van der Waals surface area (Å²) in [6.07, 6.45) is 6.23. The summed E-state index contributed by atoms with van der Waals surface area (Å²) in [6.45, 7) is 1.76. The molecule has 0 spiro atoms. The van der Waals surface area contributed by atoms with Crippen molar-refractivity contribution >= 4 is 22.7 Å². The van der Waals surface area contributed by atoms with Gasteiger partial charge >= 0.3 is 6.03 Å². The zero-order chi connectivity index (χ0) is 21.1. The fraction of sp³-hybridized carbons (Fsp3) is 0.217. The highest BCUT2D eigenvalue weighted by molar-refractivity contribution is 5.76. The number of rotatable bonds is 6. The SMILES string of the molecule is CC(N(O)C(N)=O)C1(OCc2nc3ccccc3o2)C=CC(c2ccccc2)=CC1. The van der Waals surface area contributed by atoms with Crippen molar-refractivity contribution in [2.45, 2.75) is 31.6 Å². The molecule has 2 unspecified atom stereocenters. The third-order valence-corrected chi connectivity index (χ3v) is 5.40. The molecule has 1 aliphatic rings. The molecule has 4 rings (SSSR count). The van der Waals surface area contributed by atoms with E-state index in [-0.39, 0.29) is 6.61 Å². The molecule has 0 bridgehead atoms. The number of urea groups is 1. The first-order chi connectivity index (χ1) is 14.5. The van der Waals surface area contributed by atoms with Crippen LogP contribution in [0.15, 0.2) is 77.2 Å². The lowest BCUT2D eigenvalue weighted by Crippen LogP contribution is -2.54. The summed E-state index contributed by atoms with van der Waals surface area (Å²) in [5.41, 5.74) is 7.81. The van der Waals surface area contributed by atoms with Crippen LogP contribution in [0.25, 0.3) is 16.7 Å². The van der Waals surface area contributed by atoms with Crippen LogP contribution in [0.3, 0.4) is 0 Å². The second-order valence-electron chi connectivity index (χ2n) is 7.24. The molecular formula is C23H23N3O4. The van der Waals surface area contributed by atoms with Gasteiger partial charge in [-0.15, -0.1) is 0 Å². The van der Waals surface area contributed by atoms with Crippen LogP contribution in [0.5, 0.6) is 0 Å². The molecule has 0 aliphatic heterocycles. The molecule has 1 heterocycles. The van der Waals surface area contributed by atoms with Crippen LogP contribution < -0.4 is 5.73 Å². The van der Waals surface area contributed by atoms with Gasteiger partial charge in [0.2, 0.25) is 5.89 Å². The van der Waals surface area contributed by atoms with Gasteiger partial charge in [-0.05, 0) is 36.3 Å². The minimum absolute atomic E-state index is 0.0739. The van der Waals surface area contributed by atoms with Crippen molar-refractivity contribution in [3.8, 4) is 0 Å². The second kappa shape index (κ2) is 8.14. The Balaban J connectivity index is 1.59. The average Bonchev–Trinajstić information content (AvgIpc) is 3.21. The summed E-state index contributed by atoms with van der Waals surface area (Å²) in [4.78, 5) is 16.0. The number of carbonyl (C=O) groups is 1. The molecule has 0 radical (unpaired) electrons. The van der Waals surface area contributed by atoms with Crippen molar-refractivity contribution < 1.29 is 19.2 Å². The Bertz CT molecular complexity index is 1070. The van der Waals surface area contributed by atoms with Gasteiger partial charge in [-0.2, -0.15) is 0 Å². The number of nitrogens with zero attached hydrogens (tertiary/aromatic N) is 2. The number of benzene rings is 2. The third kappa shape index (κ3) is 3.85. The maximum absolute atomic E-state index is 11.6. The molecule has 2 amide bonds. The number of hydrogen-bond acceptors (Lipinski definition) is 5. The van der Waals surface area contributed by atoms with Crippen LogP contribution in [-0.4, -0.2) is 32.9 Å². The number of amides is 2. The highest BCUT2D eigenvalue weighted by Gasteiger charge is 2.41. The molecule has 1 aromatic heterocycles. The van der Waals surface area contributed by atoms with Gasteiger partial charge in [0, 0.05) is 6.42 Å². The van der Waals surface area contributed by atoms with Crippen molar-refractivity contribution in [1.29, 1.82) is 0 Å². The van der Waals surface area contributed by atoms with Gasteiger partial charge in [0.15, 0.2) is 5.58 Å². The molecule has 2 atom stereocenters. The van der Waals surface area contributed by atoms with Gasteiger partial charge in [0.25, 0.3) is 0 Å². The lowest BCUT2D eigenvalue weighted by atomic mass is 9.84. The van der Waals surface area contributed by atoms with Crippen LogP contribution in [0.4, 0.5) is 4.79 Å². The molecule has 7 heteroatoms. The lowest BCUT2D eigenvalue weighted by Gasteiger charge is -2.40. The van der Waals surface area contributed by atoms with Gasteiger partial charge in [-0.3, -0.25) is 5.21 Å². The predicted molar refractivity (Wildman–Crippen MR) is 112 cm³/mol. The van der Waals surface area contributed by atoms with E-state index in [4.69, 9.17) is 14.9 Å². The number of aromatic nitrogens is 1. The molecule has 0 fully saturated rings. The van der Waals surface area contributed by atoms with E-state index in [1.807, 2.05) is 72.8 Å². The van der Waals surface area contributed by atoms with Crippen LogP contribution >= 0.6 is 0 Å². The number of fused-ring (bicyclic) bond motifs is 1. The highest BCUT2D eigenvalue weighted by atomic mass is 16.5. The summed E-state index contributed by atoms with van der Waals surface area (Å²) < 4.78 is 11.9. The van der Waals surface area contributed by atoms with E-state index in [0.29, 0.717) is 23.0 Å². The van der Waals surface area contributed by atoms with Crippen molar-refractivity contribution in [3.63, 3.8) is 0 Å². The van der Waals surface area contributed by atoms with E-state index in [2.05, 4.69) is 4.98 Å².